The van der Waals surface area contributed by atoms with Crippen LogP contribution in [0.5, 0.6) is 0 Å². The summed E-state index contributed by atoms with van der Waals surface area (Å²) in [5.74, 6) is 1.64. The van der Waals surface area contributed by atoms with Crippen molar-refractivity contribution in [3.63, 3.8) is 0 Å². The fourth-order valence-electron chi connectivity index (χ4n) is 1.53. The predicted molar refractivity (Wildman–Crippen MR) is 54.4 cm³/mol. The second-order valence-corrected chi connectivity index (χ2v) is 4.18. The second kappa shape index (κ2) is 3.25. The molecule has 1 aliphatic rings. The monoisotopic (exact) mass is 197 g/mol. The first kappa shape index (κ1) is 8.94. The first-order valence-electron chi connectivity index (χ1n) is 4.90. The quantitative estimate of drug-likeness (QED) is 0.756. The van der Waals surface area contributed by atoms with Crippen LogP contribution in [0, 0.1) is 4.77 Å². The highest BCUT2D eigenvalue weighted by molar-refractivity contribution is 7.71. The summed E-state index contributed by atoms with van der Waals surface area (Å²) in [5.41, 5.74) is 0. The molecule has 1 heterocycles. The molecule has 2 rings (SSSR count). The minimum absolute atomic E-state index is 0.508. The first-order valence-corrected chi connectivity index (χ1v) is 5.31. The molecule has 0 spiro atoms. The molecular weight excluding hydrogens is 182 g/mol. The van der Waals surface area contributed by atoms with Crippen molar-refractivity contribution in [2.75, 3.05) is 0 Å². The highest BCUT2D eigenvalue weighted by atomic mass is 32.1. The third-order valence-electron chi connectivity index (χ3n) is 2.70. The van der Waals surface area contributed by atoms with Crippen molar-refractivity contribution in [1.29, 1.82) is 0 Å². The molecule has 1 fully saturated rings. The van der Waals surface area contributed by atoms with E-state index >= 15 is 0 Å². The van der Waals surface area contributed by atoms with E-state index in [1.165, 1.54) is 12.8 Å². The van der Waals surface area contributed by atoms with E-state index in [0.29, 0.717) is 12.0 Å². The zero-order valence-electron chi connectivity index (χ0n) is 8.08. The Bertz CT molecular complexity index is 348. The number of rotatable bonds is 3. The van der Waals surface area contributed by atoms with Crippen LogP contribution in [0.25, 0.3) is 0 Å². The van der Waals surface area contributed by atoms with E-state index in [0.717, 1.165) is 17.0 Å². The van der Waals surface area contributed by atoms with E-state index < -0.39 is 0 Å². The van der Waals surface area contributed by atoms with E-state index in [9.17, 15) is 0 Å². The summed E-state index contributed by atoms with van der Waals surface area (Å²) in [4.78, 5) is 0. The Labute approximate surface area is 83.2 Å². The summed E-state index contributed by atoms with van der Waals surface area (Å²) in [5, 5.41) is 7.18. The van der Waals surface area contributed by atoms with Gasteiger partial charge < -0.3 is 4.57 Å². The number of nitrogens with one attached hydrogen (secondary N) is 1. The van der Waals surface area contributed by atoms with Gasteiger partial charge in [-0.15, -0.1) is 0 Å². The van der Waals surface area contributed by atoms with Crippen LogP contribution in [0.4, 0.5) is 0 Å². The van der Waals surface area contributed by atoms with Crippen molar-refractivity contribution in [2.24, 2.45) is 0 Å². The summed E-state index contributed by atoms with van der Waals surface area (Å²) in [6, 6.07) is 0.634. The normalized spacial score (nSPS) is 18.9. The van der Waals surface area contributed by atoms with Crippen LogP contribution < -0.4 is 0 Å². The minimum Gasteiger partial charge on any atom is -0.301 e. The van der Waals surface area contributed by atoms with Gasteiger partial charge in [0.1, 0.15) is 5.82 Å². The molecule has 1 aliphatic carbocycles. The van der Waals surface area contributed by atoms with Crippen LogP contribution in [-0.2, 0) is 0 Å². The van der Waals surface area contributed by atoms with Gasteiger partial charge in [0.2, 0.25) is 0 Å². The molecule has 1 aromatic rings. The molecule has 0 amide bonds. The van der Waals surface area contributed by atoms with E-state index in [2.05, 4.69) is 28.6 Å². The van der Waals surface area contributed by atoms with Crippen molar-refractivity contribution >= 4 is 12.2 Å². The largest absolute Gasteiger partial charge is 0.301 e. The molecular formula is C9H15N3S. The molecule has 0 bridgehead atoms. The van der Waals surface area contributed by atoms with Crippen molar-refractivity contribution in [2.45, 2.75) is 45.1 Å². The smallest absolute Gasteiger partial charge is 0.195 e. The molecule has 0 aliphatic heterocycles. The average Bonchev–Trinajstić information content (AvgIpc) is 2.89. The van der Waals surface area contributed by atoms with Crippen LogP contribution in [0.3, 0.4) is 0 Å². The maximum Gasteiger partial charge on any atom is 0.195 e. The zero-order chi connectivity index (χ0) is 9.42. The summed E-state index contributed by atoms with van der Waals surface area (Å²) in [6.07, 6.45) is 3.64. The Balaban J connectivity index is 2.39. The van der Waals surface area contributed by atoms with Gasteiger partial charge in [-0.3, -0.25) is 5.10 Å². The van der Waals surface area contributed by atoms with E-state index in [4.69, 9.17) is 12.2 Å². The molecule has 1 unspecified atom stereocenters. The van der Waals surface area contributed by atoms with Crippen LogP contribution in [0.15, 0.2) is 0 Å². The maximum absolute atomic E-state index is 5.20. The van der Waals surface area contributed by atoms with Crippen molar-refractivity contribution < 1.29 is 0 Å². The van der Waals surface area contributed by atoms with Gasteiger partial charge in [0, 0.05) is 12.0 Å². The summed E-state index contributed by atoms with van der Waals surface area (Å²) >= 11 is 5.20. The summed E-state index contributed by atoms with van der Waals surface area (Å²) in [7, 11) is 0. The Morgan fingerprint density at radius 3 is 2.92 bits per heavy atom. The van der Waals surface area contributed by atoms with Crippen molar-refractivity contribution in [1.82, 2.24) is 14.8 Å². The first-order chi connectivity index (χ1) is 6.24. The summed E-state index contributed by atoms with van der Waals surface area (Å²) < 4.78 is 2.99. The van der Waals surface area contributed by atoms with Gasteiger partial charge in [0.25, 0.3) is 0 Å². The van der Waals surface area contributed by atoms with E-state index in [1.54, 1.807) is 0 Å². The molecule has 1 aromatic heterocycles. The molecule has 0 saturated heterocycles. The van der Waals surface area contributed by atoms with Crippen molar-refractivity contribution in [3.8, 4) is 0 Å². The Morgan fingerprint density at radius 2 is 2.38 bits per heavy atom. The Kier molecular flexibility index (Phi) is 2.24. The fourth-order valence-corrected chi connectivity index (χ4v) is 1.82. The SMILES string of the molecule is CCC(C)c1n[nH]c(=S)n1C1CC1. The van der Waals surface area contributed by atoms with Gasteiger partial charge in [-0.2, -0.15) is 5.10 Å². The number of nitrogens with zero attached hydrogens (tertiary/aromatic N) is 2. The molecule has 4 heteroatoms. The second-order valence-electron chi connectivity index (χ2n) is 3.80. The molecule has 1 N–H and O–H groups in total. The average molecular weight is 197 g/mol. The third-order valence-corrected chi connectivity index (χ3v) is 2.98. The number of H-pyrrole nitrogens is 1. The molecule has 3 nitrogen and oxygen atoms in total. The molecule has 1 atom stereocenters. The van der Waals surface area contributed by atoms with Crippen molar-refractivity contribution in [3.05, 3.63) is 10.6 Å². The lowest BCUT2D eigenvalue weighted by Gasteiger charge is -2.09. The highest BCUT2D eigenvalue weighted by Gasteiger charge is 2.28. The van der Waals surface area contributed by atoms with Crippen LogP contribution in [0.2, 0.25) is 0 Å². The van der Waals surface area contributed by atoms with Crippen LogP contribution in [-0.4, -0.2) is 14.8 Å². The summed E-state index contributed by atoms with van der Waals surface area (Å²) in [6.45, 7) is 4.38. The van der Waals surface area contributed by atoms with Gasteiger partial charge >= 0.3 is 0 Å². The molecule has 72 valence electrons. The number of aromatic amines is 1. The number of hydrogen-bond donors (Lipinski definition) is 1. The highest BCUT2D eigenvalue weighted by Crippen LogP contribution is 2.37. The van der Waals surface area contributed by atoms with Gasteiger partial charge in [-0.25, -0.2) is 0 Å². The van der Waals surface area contributed by atoms with Gasteiger partial charge in [-0.05, 0) is 31.5 Å². The Morgan fingerprint density at radius 1 is 1.69 bits per heavy atom. The molecule has 1 saturated carbocycles. The molecule has 13 heavy (non-hydrogen) atoms. The van der Waals surface area contributed by atoms with Crippen LogP contribution in [0.1, 0.15) is 50.9 Å². The van der Waals surface area contributed by atoms with Gasteiger partial charge in [-0.1, -0.05) is 13.8 Å². The van der Waals surface area contributed by atoms with Gasteiger partial charge in [0.15, 0.2) is 4.77 Å². The van der Waals surface area contributed by atoms with Crippen LogP contribution >= 0.6 is 12.2 Å². The molecule has 0 aromatic carbocycles. The topological polar surface area (TPSA) is 33.6 Å². The number of hydrogen-bond acceptors (Lipinski definition) is 2. The van der Waals surface area contributed by atoms with E-state index in [-0.39, 0.29) is 0 Å². The lowest BCUT2D eigenvalue weighted by molar-refractivity contribution is 0.595. The predicted octanol–water partition coefficient (Wildman–Crippen LogP) is 2.79. The lowest BCUT2D eigenvalue weighted by Crippen LogP contribution is -2.05. The Hall–Kier alpha value is -0.640. The van der Waals surface area contributed by atoms with E-state index in [1.807, 2.05) is 0 Å². The number of aromatic nitrogens is 3. The third kappa shape index (κ3) is 1.55. The maximum atomic E-state index is 5.20. The fraction of sp³-hybridized carbons (Fsp3) is 0.778. The lowest BCUT2D eigenvalue weighted by atomic mass is 10.1. The van der Waals surface area contributed by atoms with Gasteiger partial charge in [0.05, 0.1) is 0 Å². The zero-order valence-corrected chi connectivity index (χ0v) is 8.90. The minimum atomic E-state index is 0.508. The standard InChI is InChI=1S/C9H15N3S/c1-3-6(2)8-10-11-9(13)12(8)7-4-5-7/h6-7H,3-5H2,1-2H3,(H,11,13). The molecule has 0 radical (unpaired) electrons.